The third-order valence-electron chi connectivity index (χ3n) is 14.4. The molecule has 0 heterocycles. The number of allylic oxidation sites excluding steroid dienone is 20. The van der Waals surface area contributed by atoms with Crippen LogP contribution < -0.4 is 0 Å². The van der Waals surface area contributed by atoms with E-state index in [2.05, 4.69) is 142 Å². The topological polar surface area (TPSA) is 78.9 Å². The second kappa shape index (κ2) is 68.3. The molecule has 0 radical (unpaired) electrons. The molecule has 0 aliphatic rings. The van der Waals surface area contributed by atoms with Crippen molar-refractivity contribution in [3.05, 3.63) is 122 Å². The average molecular weight is 1120 g/mol. The van der Waals surface area contributed by atoms with E-state index >= 15 is 0 Å². The van der Waals surface area contributed by atoms with E-state index in [0.717, 1.165) is 135 Å². The molecule has 0 aliphatic carbocycles. The van der Waals surface area contributed by atoms with Gasteiger partial charge in [0.1, 0.15) is 13.2 Å². The van der Waals surface area contributed by atoms with Crippen molar-refractivity contribution in [2.24, 2.45) is 0 Å². The van der Waals surface area contributed by atoms with Gasteiger partial charge in [-0.25, -0.2) is 0 Å². The van der Waals surface area contributed by atoms with E-state index in [1.54, 1.807) is 0 Å². The number of carbonyl (C=O) groups excluding carboxylic acids is 3. The van der Waals surface area contributed by atoms with Crippen molar-refractivity contribution in [2.45, 2.75) is 322 Å². The van der Waals surface area contributed by atoms with Crippen molar-refractivity contribution < 1.29 is 28.6 Å². The first kappa shape index (κ1) is 76.8. The van der Waals surface area contributed by atoms with Crippen molar-refractivity contribution in [3.63, 3.8) is 0 Å². The van der Waals surface area contributed by atoms with Gasteiger partial charge in [0.2, 0.25) is 0 Å². The number of unbranched alkanes of at least 4 members (excludes halogenated alkanes) is 30. The molecule has 1 unspecified atom stereocenters. The number of rotatable bonds is 61. The highest BCUT2D eigenvalue weighted by molar-refractivity contribution is 5.71. The normalized spacial score (nSPS) is 12.9. The van der Waals surface area contributed by atoms with Gasteiger partial charge < -0.3 is 14.2 Å². The van der Waals surface area contributed by atoms with Gasteiger partial charge in [0.15, 0.2) is 6.10 Å². The zero-order valence-electron chi connectivity index (χ0n) is 53.0. The highest BCUT2D eigenvalue weighted by atomic mass is 16.6. The van der Waals surface area contributed by atoms with Crippen LogP contribution >= 0.6 is 0 Å². The minimum Gasteiger partial charge on any atom is -0.462 e. The Bertz CT molecular complexity index is 1670. The van der Waals surface area contributed by atoms with Gasteiger partial charge in [-0.1, -0.05) is 284 Å². The Morgan fingerprint density at radius 2 is 0.481 bits per heavy atom. The molecule has 0 N–H and O–H groups in total. The molecule has 0 amide bonds. The summed E-state index contributed by atoms with van der Waals surface area (Å²) in [6, 6.07) is 0. The summed E-state index contributed by atoms with van der Waals surface area (Å²) >= 11 is 0. The van der Waals surface area contributed by atoms with Crippen LogP contribution in [0.5, 0.6) is 0 Å². The molecule has 0 aromatic carbocycles. The van der Waals surface area contributed by atoms with E-state index < -0.39 is 6.10 Å². The van der Waals surface area contributed by atoms with E-state index in [-0.39, 0.29) is 31.1 Å². The Hall–Kier alpha value is -4.19. The lowest BCUT2D eigenvalue weighted by Gasteiger charge is -2.18. The molecule has 0 spiro atoms. The van der Waals surface area contributed by atoms with E-state index in [1.165, 1.54) is 141 Å². The van der Waals surface area contributed by atoms with Gasteiger partial charge in [0.05, 0.1) is 0 Å². The van der Waals surface area contributed by atoms with Gasteiger partial charge in [-0.2, -0.15) is 0 Å². The zero-order chi connectivity index (χ0) is 58.5. The molecule has 0 saturated carbocycles. The lowest BCUT2D eigenvalue weighted by molar-refractivity contribution is -0.167. The summed E-state index contributed by atoms with van der Waals surface area (Å²) in [6.07, 6.45) is 95.1. The highest BCUT2D eigenvalue weighted by Gasteiger charge is 2.19. The minimum absolute atomic E-state index is 0.0865. The Kier molecular flexibility index (Phi) is 64.8. The van der Waals surface area contributed by atoms with Gasteiger partial charge in [0, 0.05) is 19.3 Å². The first-order chi connectivity index (χ1) is 40.0. The average Bonchev–Trinajstić information content (AvgIpc) is 3.47. The van der Waals surface area contributed by atoms with Gasteiger partial charge in [-0.05, 0) is 135 Å². The summed E-state index contributed by atoms with van der Waals surface area (Å²) in [4.78, 5) is 38.3. The van der Waals surface area contributed by atoms with Crippen LogP contribution in [0.2, 0.25) is 0 Å². The fraction of sp³-hybridized carbons (Fsp3) is 0.693. The first-order valence-corrected chi connectivity index (χ1v) is 34.0. The van der Waals surface area contributed by atoms with Crippen molar-refractivity contribution in [2.75, 3.05) is 13.2 Å². The molecule has 6 heteroatoms. The largest absolute Gasteiger partial charge is 0.462 e. The fourth-order valence-electron chi connectivity index (χ4n) is 9.33. The summed E-state index contributed by atoms with van der Waals surface area (Å²) in [5.41, 5.74) is 0. The monoisotopic (exact) mass is 1120 g/mol. The zero-order valence-corrected chi connectivity index (χ0v) is 53.0. The molecule has 81 heavy (non-hydrogen) atoms. The number of carbonyl (C=O) groups is 3. The van der Waals surface area contributed by atoms with Crippen LogP contribution in [0.15, 0.2) is 122 Å². The van der Waals surface area contributed by atoms with Crippen LogP contribution in [-0.4, -0.2) is 37.2 Å². The molecule has 0 aromatic rings. The molecule has 6 nitrogen and oxygen atoms in total. The number of hydrogen-bond acceptors (Lipinski definition) is 6. The molecular weight excluding hydrogens is 997 g/mol. The summed E-state index contributed by atoms with van der Waals surface area (Å²) in [7, 11) is 0. The first-order valence-electron chi connectivity index (χ1n) is 34.0. The number of ether oxygens (including phenoxy) is 3. The van der Waals surface area contributed by atoms with Gasteiger partial charge in [-0.15, -0.1) is 0 Å². The predicted octanol–water partition coefficient (Wildman–Crippen LogP) is 23.6. The maximum atomic E-state index is 12.9. The lowest BCUT2D eigenvalue weighted by Crippen LogP contribution is -2.30. The Morgan fingerprint density at radius 3 is 0.790 bits per heavy atom. The van der Waals surface area contributed by atoms with Gasteiger partial charge >= 0.3 is 17.9 Å². The van der Waals surface area contributed by atoms with Crippen LogP contribution in [0, 0.1) is 0 Å². The number of hydrogen-bond donors (Lipinski definition) is 0. The molecule has 0 aliphatic heterocycles. The molecule has 0 rings (SSSR count). The molecule has 0 aromatic heterocycles. The van der Waals surface area contributed by atoms with Gasteiger partial charge in [0.25, 0.3) is 0 Å². The molecular formula is C75H126O6. The van der Waals surface area contributed by atoms with Crippen molar-refractivity contribution >= 4 is 17.9 Å². The van der Waals surface area contributed by atoms with E-state index in [1.807, 2.05) is 0 Å². The smallest absolute Gasteiger partial charge is 0.306 e. The molecule has 0 saturated heterocycles. The van der Waals surface area contributed by atoms with Crippen LogP contribution in [0.1, 0.15) is 316 Å². The third kappa shape index (κ3) is 66.5. The maximum absolute atomic E-state index is 12.9. The minimum atomic E-state index is -0.791. The van der Waals surface area contributed by atoms with Crippen molar-refractivity contribution in [1.29, 1.82) is 0 Å². The Labute approximate surface area is 501 Å². The predicted molar refractivity (Wildman–Crippen MR) is 353 cm³/mol. The third-order valence-corrected chi connectivity index (χ3v) is 14.4. The standard InChI is InChI=1S/C75H126O6/c1-4-7-10-13-16-19-22-25-27-29-30-31-32-33-34-35-36-37-38-39-40-41-42-43-44-45-46-47-49-50-53-56-59-62-65-68-74(77)80-71-72(70-79-73(76)67-64-61-58-55-52-24-21-18-15-12-9-6-3)81-75(78)69-66-63-60-57-54-51-48-28-26-23-20-17-14-11-8-5-2/h7,10,16,18-21,23,25,27-28,30-31,33-34,36-37,39-40,48,72H,4-6,8-9,11-15,17,22,24,26,29,32,35,38,41-47,49-71H2,1-3H3/b10-7-,19-16-,21-18-,23-20-,27-25-,31-30-,34-33-,37-36-,40-39-,48-28-. The van der Waals surface area contributed by atoms with E-state index in [0.29, 0.717) is 19.3 Å². The Balaban J connectivity index is 4.19. The summed E-state index contributed by atoms with van der Waals surface area (Å²) in [5, 5.41) is 0. The van der Waals surface area contributed by atoms with Crippen molar-refractivity contribution in [1.82, 2.24) is 0 Å². The Morgan fingerprint density at radius 1 is 0.259 bits per heavy atom. The van der Waals surface area contributed by atoms with Gasteiger partial charge in [-0.3, -0.25) is 14.4 Å². The lowest BCUT2D eigenvalue weighted by atomic mass is 10.0. The second-order valence-corrected chi connectivity index (χ2v) is 22.3. The second-order valence-electron chi connectivity index (χ2n) is 22.3. The molecule has 0 bridgehead atoms. The van der Waals surface area contributed by atoms with Crippen LogP contribution in [0.3, 0.4) is 0 Å². The van der Waals surface area contributed by atoms with Crippen LogP contribution in [0.25, 0.3) is 0 Å². The number of esters is 3. The molecule has 1 atom stereocenters. The maximum Gasteiger partial charge on any atom is 0.306 e. The van der Waals surface area contributed by atoms with Crippen molar-refractivity contribution in [3.8, 4) is 0 Å². The van der Waals surface area contributed by atoms with Crippen LogP contribution in [0.4, 0.5) is 0 Å². The van der Waals surface area contributed by atoms with E-state index in [4.69, 9.17) is 14.2 Å². The highest BCUT2D eigenvalue weighted by Crippen LogP contribution is 2.16. The van der Waals surface area contributed by atoms with Crippen LogP contribution in [-0.2, 0) is 28.6 Å². The van der Waals surface area contributed by atoms with E-state index in [9.17, 15) is 14.4 Å². The summed E-state index contributed by atoms with van der Waals surface area (Å²) in [5.74, 6) is -0.903. The molecule has 0 fully saturated rings. The summed E-state index contributed by atoms with van der Waals surface area (Å²) < 4.78 is 16.9. The molecule has 462 valence electrons. The SMILES string of the molecule is CC/C=C\C/C=C\C/C=C\C/C=C\C/C=C\C/C=C\C/C=C\CCCCCCCCCCCCCCCC(=O)OCC(COC(=O)CCCCCCC/C=C\CCCCC)OC(=O)CCCCCCC/C=C\C/C=C\CCCCCC. The summed E-state index contributed by atoms with van der Waals surface area (Å²) in [6.45, 7) is 6.48. The fourth-order valence-corrected chi connectivity index (χ4v) is 9.33. The quantitative estimate of drug-likeness (QED) is 0.0261.